The molecule has 3 heterocycles. The summed E-state index contributed by atoms with van der Waals surface area (Å²) >= 11 is 0. The van der Waals surface area contributed by atoms with Crippen molar-refractivity contribution in [2.75, 3.05) is 50.1 Å². The van der Waals surface area contributed by atoms with Crippen molar-refractivity contribution in [2.24, 2.45) is 0 Å². The Labute approximate surface area is 242 Å². The number of nitrogens with one attached hydrogen (secondary N) is 3. The lowest BCUT2D eigenvalue weighted by molar-refractivity contribution is 0.0358. The maximum atomic E-state index is 14.9. The largest absolute Gasteiger partial charge is 0.493 e. The molecule has 0 saturated carbocycles. The predicted octanol–water partition coefficient (Wildman–Crippen LogP) is 6.05. The maximum absolute atomic E-state index is 14.9. The zero-order valence-electron chi connectivity index (χ0n) is 23.8. The summed E-state index contributed by atoms with van der Waals surface area (Å²) in [7, 11) is 0. The summed E-state index contributed by atoms with van der Waals surface area (Å²) in [5, 5.41) is 15.8. The number of rotatable bonds is 9. The number of benzene rings is 2. The van der Waals surface area contributed by atoms with Gasteiger partial charge < -0.3 is 19.3 Å². The van der Waals surface area contributed by atoms with Crippen LogP contribution in [0, 0.1) is 11.6 Å². The smallest absolute Gasteiger partial charge is 0.325 e. The second kappa shape index (κ2) is 12.7. The van der Waals surface area contributed by atoms with E-state index < -0.39 is 17.7 Å². The Morgan fingerprint density at radius 1 is 1.05 bits per heavy atom. The monoisotopic (exact) mass is 580 g/mol. The van der Waals surface area contributed by atoms with Gasteiger partial charge in [0.15, 0.2) is 5.82 Å². The molecule has 1 aliphatic heterocycles. The molecule has 3 N–H and O–H groups in total. The first-order valence-electron chi connectivity index (χ1n) is 13.8. The number of carbonyl (C=O) groups excluding carboxylic acids is 1. The van der Waals surface area contributed by atoms with Crippen LogP contribution in [0.4, 0.5) is 25.1 Å². The summed E-state index contributed by atoms with van der Waals surface area (Å²) in [6, 6.07) is 11.5. The minimum absolute atomic E-state index is 0.0295. The molecule has 2 amide bonds. The standard InChI is InChI=1S/C30H34F2N6O4/c1-30(2,3)27-18-28(37-42-27)34-29(39)33-24-8-5-19(15-23(24)32)25-17-26(36-35-25)21-7-6-20(16-22(21)31)41-12-4-9-38-10-13-40-14-11-38/h5-8,15-18H,4,9-14H2,1-3H3,(H,35,36)(H2,33,34,37,39). The van der Waals surface area contributed by atoms with Crippen molar-refractivity contribution in [1.29, 1.82) is 0 Å². The topological polar surface area (TPSA) is 118 Å². The average molecular weight is 581 g/mol. The van der Waals surface area contributed by atoms with Gasteiger partial charge in [0.25, 0.3) is 0 Å². The first kappa shape index (κ1) is 29.2. The lowest BCUT2D eigenvalue weighted by atomic mass is 9.93. The fraction of sp³-hybridized carbons (Fsp3) is 0.367. The SMILES string of the molecule is CC(C)(C)c1cc(NC(=O)Nc2ccc(-c3cc(-c4ccc(OCCCN5CCOCC5)cc4F)[nH]n3)cc2F)no1. The average Bonchev–Trinajstić information content (AvgIpc) is 3.63. The predicted molar refractivity (Wildman–Crippen MR) is 155 cm³/mol. The van der Waals surface area contributed by atoms with E-state index in [1.807, 2.05) is 20.8 Å². The molecule has 0 spiro atoms. The quantitative estimate of drug-likeness (QED) is 0.206. The Hall–Kier alpha value is -4.29. The molecule has 0 bridgehead atoms. The van der Waals surface area contributed by atoms with E-state index in [2.05, 4.69) is 30.9 Å². The van der Waals surface area contributed by atoms with E-state index in [1.165, 1.54) is 18.2 Å². The van der Waals surface area contributed by atoms with Gasteiger partial charge in [0, 0.05) is 48.3 Å². The molecule has 222 valence electrons. The number of nitrogens with zero attached hydrogens (tertiary/aromatic N) is 3. The maximum Gasteiger partial charge on any atom is 0.325 e. The Balaban J connectivity index is 1.17. The fourth-order valence-corrected chi connectivity index (χ4v) is 4.45. The first-order valence-corrected chi connectivity index (χ1v) is 13.8. The zero-order chi connectivity index (χ0) is 29.7. The highest BCUT2D eigenvalue weighted by Gasteiger charge is 2.21. The highest BCUT2D eigenvalue weighted by Crippen LogP contribution is 2.30. The number of anilines is 2. The molecule has 1 aliphatic rings. The van der Waals surface area contributed by atoms with Gasteiger partial charge in [0.1, 0.15) is 23.1 Å². The van der Waals surface area contributed by atoms with E-state index in [1.54, 1.807) is 30.3 Å². The van der Waals surface area contributed by atoms with Crippen LogP contribution >= 0.6 is 0 Å². The highest BCUT2D eigenvalue weighted by atomic mass is 19.1. The van der Waals surface area contributed by atoms with Crippen molar-refractivity contribution in [3.63, 3.8) is 0 Å². The summed E-state index contributed by atoms with van der Waals surface area (Å²) < 4.78 is 46.1. The van der Waals surface area contributed by atoms with E-state index in [0.29, 0.717) is 40.6 Å². The lowest BCUT2D eigenvalue weighted by Crippen LogP contribution is -2.37. The number of morpholine rings is 1. The number of ether oxygens (including phenoxy) is 2. The van der Waals surface area contributed by atoms with Crippen molar-refractivity contribution in [3.05, 3.63) is 65.9 Å². The van der Waals surface area contributed by atoms with Crippen molar-refractivity contribution in [2.45, 2.75) is 32.6 Å². The van der Waals surface area contributed by atoms with Gasteiger partial charge >= 0.3 is 6.03 Å². The summed E-state index contributed by atoms with van der Waals surface area (Å²) in [4.78, 5) is 14.7. The van der Waals surface area contributed by atoms with Gasteiger partial charge in [-0.25, -0.2) is 13.6 Å². The van der Waals surface area contributed by atoms with E-state index in [-0.39, 0.29) is 16.9 Å². The third-order valence-electron chi connectivity index (χ3n) is 6.80. The molecule has 2 aromatic heterocycles. The van der Waals surface area contributed by atoms with Crippen molar-refractivity contribution in [3.8, 4) is 28.3 Å². The molecule has 1 saturated heterocycles. The molecule has 0 unspecified atom stereocenters. The number of hydrogen-bond donors (Lipinski definition) is 3. The van der Waals surface area contributed by atoms with Crippen LogP contribution in [0.5, 0.6) is 5.75 Å². The number of amides is 2. The second-order valence-electron chi connectivity index (χ2n) is 11.1. The van der Waals surface area contributed by atoms with Crippen LogP contribution in [0.3, 0.4) is 0 Å². The second-order valence-corrected chi connectivity index (χ2v) is 11.1. The van der Waals surface area contributed by atoms with E-state index >= 15 is 0 Å². The van der Waals surface area contributed by atoms with Crippen molar-refractivity contribution >= 4 is 17.5 Å². The van der Waals surface area contributed by atoms with E-state index in [9.17, 15) is 13.6 Å². The normalized spacial score (nSPS) is 14.1. The zero-order valence-corrected chi connectivity index (χ0v) is 23.8. The molecular weight excluding hydrogens is 546 g/mol. The van der Waals surface area contributed by atoms with Gasteiger partial charge in [-0.2, -0.15) is 5.10 Å². The molecule has 1 fully saturated rings. The lowest BCUT2D eigenvalue weighted by Gasteiger charge is -2.26. The van der Waals surface area contributed by atoms with Gasteiger partial charge in [-0.05, 0) is 36.8 Å². The van der Waals surface area contributed by atoms with Gasteiger partial charge in [-0.15, -0.1) is 0 Å². The fourth-order valence-electron chi connectivity index (χ4n) is 4.45. The van der Waals surface area contributed by atoms with Gasteiger partial charge in [0.2, 0.25) is 0 Å². The highest BCUT2D eigenvalue weighted by molar-refractivity contribution is 5.99. The van der Waals surface area contributed by atoms with Gasteiger partial charge in [0.05, 0.1) is 36.9 Å². The molecule has 4 aromatic rings. The van der Waals surface area contributed by atoms with Gasteiger partial charge in [-0.3, -0.25) is 15.3 Å². The number of aromatic amines is 1. The number of H-pyrrole nitrogens is 1. The summed E-state index contributed by atoms with van der Waals surface area (Å²) in [5.74, 6) is 0.142. The van der Waals surface area contributed by atoms with Crippen LogP contribution in [-0.2, 0) is 10.2 Å². The Morgan fingerprint density at radius 2 is 1.86 bits per heavy atom. The van der Waals surface area contributed by atoms with Crippen molar-refractivity contribution in [1.82, 2.24) is 20.3 Å². The molecule has 0 aliphatic carbocycles. The minimum Gasteiger partial charge on any atom is -0.493 e. The molecule has 42 heavy (non-hydrogen) atoms. The summed E-state index contributed by atoms with van der Waals surface area (Å²) in [6.45, 7) is 10.6. The van der Waals surface area contributed by atoms with Crippen molar-refractivity contribution < 1.29 is 27.6 Å². The third-order valence-corrected chi connectivity index (χ3v) is 6.80. The summed E-state index contributed by atoms with van der Waals surface area (Å²) in [6.07, 6.45) is 0.836. The Bertz CT molecular complexity index is 1520. The first-order chi connectivity index (χ1) is 20.2. The van der Waals surface area contributed by atoms with Crippen LogP contribution in [0.1, 0.15) is 33.0 Å². The number of halogens is 2. The summed E-state index contributed by atoms with van der Waals surface area (Å²) in [5.41, 5.74) is 1.31. The molecule has 2 aromatic carbocycles. The molecule has 5 rings (SSSR count). The molecule has 10 nitrogen and oxygen atoms in total. The minimum atomic E-state index is -0.669. The van der Waals surface area contributed by atoms with Gasteiger partial charge in [-0.1, -0.05) is 32.0 Å². The van der Waals surface area contributed by atoms with Crippen LogP contribution in [0.15, 0.2) is 53.1 Å². The van der Waals surface area contributed by atoms with Crippen LogP contribution in [0.2, 0.25) is 0 Å². The number of hydrogen-bond acceptors (Lipinski definition) is 7. The number of aromatic nitrogens is 3. The third kappa shape index (κ3) is 7.31. The van der Waals surface area contributed by atoms with Crippen LogP contribution < -0.4 is 15.4 Å². The number of carbonyl (C=O) groups is 1. The molecule has 0 radical (unpaired) electrons. The van der Waals surface area contributed by atoms with Crippen LogP contribution in [-0.4, -0.2) is 65.7 Å². The Morgan fingerprint density at radius 3 is 2.57 bits per heavy atom. The number of urea groups is 1. The molecule has 0 atom stereocenters. The van der Waals surface area contributed by atoms with E-state index in [0.717, 1.165) is 39.3 Å². The van der Waals surface area contributed by atoms with Crippen LogP contribution in [0.25, 0.3) is 22.5 Å². The van der Waals surface area contributed by atoms with E-state index in [4.69, 9.17) is 14.0 Å². The molecule has 12 heteroatoms. The Kier molecular flexibility index (Phi) is 8.83. The molecular formula is C30H34F2N6O4.